The molecule has 2 fully saturated rings. The van der Waals surface area contributed by atoms with Gasteiger partial charge in [-0.15, -0.1) is 0 Å². The Kier molecular flexibility index (Phi) is 3.00. The van der Waals surface area contributed by atoms with E-state index in [9.17, 15) is 5.26 Å². The number of aromatic nitrogens is 1. The van der Waals surface area contributed by atoms with Gasteiger partial charge < -0.3 is 10.6 Å². The fourth-order valence-electron chi connectivity index (χ4n) is 3.25. The molecule has 3 atom stereocenters. The van der Waals surface area contributed by atoms with Gasteiger partial charge in [0, 0.05) is 29.8 Å². The standard InChI is InChI=1S/C13H15BrN4/c14-10-3-9(4-15)13(17-5-10)18-6-8-1-2-12(16)11(8)7-18/h3,5,8,11-12H,1-2,6-7,16H2. The van der Waals surface area contributed by atoms with Crippen LogP contribution in [-0.2, 0) is 0 Å². The van der Waals surface area contributed by atoms with E-state index >= 15 is 0 Å². The Morgan fingerprint density at radius 3 is 3.00 bits per heavy atom. The van der Waals surface area contributed by atoms with Gasteiger partial charge in [-0.05, 0) is 46.7 Å². The quantitative estimate of drug-likeness (QED) is 0.860. The number of pyridine rings is 1. The number of hydrogen-bond acceptors (Lipinski definition) is 4. The highest BCUT2D eigenvalue weighted by Crippen LogP contribution is 2.39. The molecule has 0 amide bonds. The van der Waals surface area contributed by atoms with E-state index in [2.05, 4.69) is 31.9 Å². The van der Waals surface area contributed by atoms with Crippen molar-refractivity contribution in [2.24, 2.45) is 17.6 Å². The first kappa shape index (κ1) is 11.9. The molecule has 1 aromatic heterocycles. The van der Waals surface area contributed by atoms with Crippen LogP contribution in [0, 0.1) is 23.2 Å². The largest absolute Gasteiger partial charge is 0.355 e. The Labute approximate surface area is 115 Å². The molecule has 4 nitrogen and oxygen atoms in total. The molecular formula is C13H15BrN4. The van der Waals surface area contributed by atoms with Gasteiger partial charge in [0.2, 0.25) is 0 Å². The number of nitriles is 1. The maximum atomic E-state index is 9.20. The zero-order chi connectivity index (χ0) is 12.7. The topological polar surface area (TPSA) is 65.9 Å². The lowest BCUT2D eigenvalue weighted by atomic mass is 9.98. The number of halogens is 1. The molecule has 3 unspecified atom stereocenters. The van der Waals surface area contributed by atoms with Crippen molar-refractivity contribution in [1.82, 2.24) is 4.98 Å². The van der Waals surface area contributed by atoms with Crippen LogP contribution in [0.1, 0.15) is 18.4 Å². The molecule has 0 radical (unpaired) electrons. The van der Waals surface area contributed by atoms with E-state index < -0.39 is 0 Å². The van der Waals surface area contributed by atoms with Crippen LogP contribution in [0.5, 0.6) is 0 Å². The van der Waals surface area contributed by atoms with Gasteiger partial charge in [0.05, 0.1) is 5.56 Å². The smallest absolute Gasteiger partial charge is 0.146 e. The number of hydrogen-bond donors (Lipinski definition) is 1. The maximum Gasteiger partial charge on any atom is 0.146 e. The first-order valence-electron chi connectivity index (χ1n) is 6.25. The lowest BCUT2D eigenvalue weighted by Gasteiger charge is -2.20. The van der Waals surface area contributed by atoms with Crippen LogP contribution in [0.3, 0.4) is 0 Å². The summed E-state index contributed by atoms with van der Waals surface area (Å²) in [4.78, 5) is 6.62. The number of rotatable bonds is 1. The first-order valence-corrected chi connectivity index (χ1v) is 7.04. The Bertz CT molecular complexity index is 510. The van der Waals surface area contributed by atoms with E-state index in [4.69, 9.17) is 5.73 Å². The minimum Gasteiger partial charge on any atom is -0.355 e. The first-order chi connectivity index (χ1) is 8.69. The van der Waals surface area contributed by atoms with Crippen molar-refractivity contribution in [2.75, 3.05) is 18.0 Å². The lowest BCUT2D eigenvalue weighted by molar-refractivity contribution is 0.453. The van der Waals surface area contributed by atoms with Crippen molar-refractivity contribution in [1.29, 1.82) is 5.26 Å². The van der Waals surface area contributed by atoms with E-state index in [1.807, 2.05) is 6.07 Å². The molecule has 5 heteroatoms. The zero-order valence-corrected chi connectivity index (χ0v) is 11.6. The molecule has 2 N–H and O–H groups in total. The van der Waals surface area contributed by atoms with E-state index in [0.29, 0.717) is 23.4 Å². The summed E-state index contributed by atoms with van der Waals surface area (Å²) in [6.07, 6.45) is 4.10. The van der Waals surface area contributed by atoms with Crippen molar-refractivity contribution < 1.29 is 0 Å². The van der Waals surface area contributed by atoms with Gasteiger partial charge in [-0.1, -0.05) is 0 Å². The Balaban J connectivity index is 1.87. The maximum absolute atomic E-state index is 9.20. The molecule has 18 heavy (non-hydrogen) atoms. The van der Waals surface area contributed by atoms with Crippen molar-refractivity contribution in [3.05, 3.63) is 22.3 Å². The van der Waals surface area contributed by atoms with Gasteiger partial charge in [-0.25, -0.2) is 4.98 Å². The van der Waals surface area contributed by atoms with Gasteiger partial charge in [0.25, 0.3) is 0 Å². The van der Waals surface area contributed by atoms with Gasteiger partial charge in [-0.2, -0.15) is 5.26 Å². The third kappa shape index (κ3) is 1.90. The molecule has 1 aromatic rings. The molecule has 0 spiro atoms. The van der Waals surface area contributed by atoms with Gasteiger partial charge in [0.15, 0.2) is 0 Å². The SMILES string of the molecule is N#Cc1cc(Br)cnc1N1CC2CCC(N)C2C1. The Morgan fingerprint density at radius 1 is 1.44 bits per heavy atom. The summed E-state index contributed by atoms with van der Waals surface area (Å²) in [6.45, 7) is 1.93. The molecule has 2 aliphatic rings. The molecule has 3 rings (SSSR count). The van der Waals surface area contributed by atoms with Crippen LogP contribution in [-0.4, -0.2) is 24.1 Å². The average Bonchev–Trinajstić information content (AvgIpc) is 2.92. The highest BCUT2D eigenvalue weighted by atomic mass is 79.9. The molecule has 0 bridgehead atoms. The van der Waals surface area contributed by atoms with Crippen LogP contribution >= 0.6 is 15.9 Å². The molecular weight excluding hydrogens is 292 g/mol. The highest BCUT2D eigenvalue weighted by molar-refractivity contribution is 9.10. The monoisotopic (exact) mass is 306 g/mol. The van der Waals surface area contributed by atoms with Crippen molar-refractivity contribution in [3.8, 4) is 6.07 Å². The van der Waals surface area contributed by atoms with E-state index in [-0.39, 0.29) is 0 Å². The number of anilines is 1. The summed E-state index contributed by atoms with van der Waals surface area (Å²) in [5, 5.41) is 9.20. The summed E-state index contributed by atoms with van der Waals surface area (Å²) >= 11 is 3.35. The van der Waals surface area contributed by atoms with Gasteiger partial charge in [-0.3, -0.25) is 0 Å². The molecule has 94 valence electrons. The normalized spacial score (nSPS) is 30.3. The second-order valence-electron chi connectivity index (χ2n) is 5.21. The number of nitrogens with two attached hydrogens (primary N) is 1. The fourth-order valence-corrected chi connectivity index (χ4v) is 3.58. The number of nitrogens with zero attached hydrogens (tertiary/aromatic N) is 3. The molecule has 1 aliphatic carbocycles. The molecule has 1 aliphatic heterocycles. The average molecular weight is 307 g/mol. The van der Waals surface area contributed by atoms with Crippen LogP contribution < -0.4 is 10.6 Å². The highest BCUT2D eigenvalue weighted by Gasteiger charge is 2.41. The van der Waals surface area contributed by atoms with E-state index in [0.717, 1.165) is 29.8 Å². The summed E-state index contributed by atoms with van der Waals surface area (Å²) in [5.41, 5.74) is 6.77. The van der Waals surface area contributed by atoms with Crippen LogP contribution in [0.25, 0.3) is 0 Å². The lowest BCUT2D eigenvalue weighted by Crippen LogP contribution is -2.30. The zero-order valence-electron chi connectivity index (χ0n) is 10.0. The Morgan fingerprint density at radius 2 is 2.28 bits per heavy atom. The summed E-state index contributed by atoms with van der Waals surface area (Å²) in [7, 11) is 0. The molecule has 1 saturated heterocycles. The molecule has 0 aromatic carbocycles. The predicted octanol–water partition coefficient (Wildman–Crippen LogP) is 1.89. The summed E-state index contributed by atoms with van der Waals surface area (Å²) in [6, 6.07) is 4.37. The molecule has 1 saturated carbocycles. The minimum atomic E-state index is 0.320. The van der Waals surface area contributed by atoms with Crippen LogP contribution in [0.2, 0.25) is 0 Å². The van der Waals surface area contributed by atoms with Gasteiger partial charge in [0.1, 0.15) is 11.9 Å². The predicted molar refractivity (Wildman–Crippen MR) is 73.1 cm³/mol. The summed E-state index contributed by atoms with van der Waals surface area (Å²) < 4.78 is 0.846. The molecule has 2 heterocycles. The van der Waals surface area contributed by atoms with E-state index in [1.165, 1.54) is 6.42 Å². The number of fused-ring (bicyclic) bond motifs is 1. The van der Waals surface area contributed by atoms with Crippen LogP contribution in [0.15, 0.2) is 16.7 Å². The Hall–Kier alpha value is -1.12. The van der Waals surface area contributed by atoms with E-state index in [1.54, 1.807) is 6.20 Å². The fraction of sp³-hybridized carbons (Fsp3) is 0.538. The van der Waals surface area contributed by atoms with Crippen molar-refractivity contribution in [3.63, 3.8) is 0 Å². The second-order valence-corrected chi connectivity index (χ2v) is 6.12. The minimum absolute atomic E-state index is 0.320. The second kappa shape index (κ2) is 4.52. The van der Waals surface area contributed by atoms with Crippen molar-refractivity contribution in [2.45, 2.75) is 18.9 Å². The third-order valence-electron chi connectivity index (χ3n) is 4.17. The van der Waals surface area contributed by atoms with Crippen LogP contribution in [0.4, 0.5) is 5.82 Å². The summed E-state index contributed by atoms with van der Waals surface area (Å²) in [5.74, 6) is 2.06. The van der Waals surface area contributed by atoms with Gasteiger partial charge >= 0.3 is 0 Å². The third-order valence-corrected chi connectivity index (χ3v) is 4.60. The van der Waals surface area contributed by atoms with Crippen molar-refractivity contribution >= 4 is 21.7 Å².